The normalized spacial score (nSPS) is 23.7. The molecule has 2 rings (SSSR count). The number of aliphatic hydroxyl groups is 1. The number of imide groups is 1. The van der Waals surface area contributed by atoms with E-state index in [9.17, 15) is 14.7 Å². The molecule has 0 aromatic carbocycles. The molecule has 2 N–H and O–H groups in total. The second-order valence-electron chi connectivity index (χ2n) is 4.21. The number of β-amino-alcohol motifs (C(OH)–C–C–N with tert-alkyl or cyclic N) is 1. The first-order valence-corrected chi connectivity index (χ1v) is 6.54. The summed E-state index contributed by atoms with van der Waals surface area (Å²) in [7, 11) is 0. The van der Waals surface area contributed by atoms with E-state index in [0.717, 1.165) is 29.5 Å². The largest absolute Gasteiger partial charge is 0.390 e. The number of hydrogen-bond acceptors (Lipinski definition) is 5. The second-order valence-corrected chi connectivity index (χ2v) is 5.25. The Hall–Kier alpha value is -0.590. The molecule has 90 valence electrons. The van der Waals surface area contributed by atoms with Gasteiger partial charge in [-0.2, -0.15) is 0 Å². The molecule has 6 heteroatoms. The van der Waals surface area contributed by atoms with Gasteiger partial charge in [0.2, 0.25) is 5.91 Å². The van der Waals surface area contributed by atoms with Crippen LogP contribution in [0.5, 0.6) is 0 Å². The second kappa shape index (κ2) is 5.16. The van der Waals surface area contributed by atoms with Crippen molar-refractivity contribution in [3.63, 3.8) is 0 Å². The predicted octanol–water partition coefficient (Wildman–Crippen LogP) is 0.185. The lowest BCUT2D eigenvalue weighted by atomic mass is 10.3. The molecule has 16 heavy (non-hydrogen) atoms. The molecule has 1 aliphatic heterocycles. The molecule has 0 spiro atoms. The fraction of sp³-hybridized carbons (Fsp3) is 0.800. The van der Waals surface area contributed by atoms with Crippen LogP contribution in [-0.2, 0) is 4.79 Å². The standard InChI is InChI=1S/C10H16N2O3S/c13-8(5-11-7-1-2-7)6-12-9(14)3-4-16-10(12)15/h7-8,11,13H,1-6H2. The molecule has 1 saturated heterocycles. The molecule has 1 saturated carbocycles. The lowest BCUT2D eigenvalue weighted by Gasteiger charge is -2.26. The first-order valence-electron chi connectivity index (χ1n) is 5.55. The van der Waals surface area contributed by atoms with Crippen molar-refractivity contribution in [1.82, 2.24) is 10.2 Å². The Bertz CT molecular complexity index is 278. The molecule has 2 aliphatic rings. The summed E-state index contributed by atoms with van der Waals surface area (Å²) in [5.41, 5.74) is 0. The smallest absolute Gasteiger partial charge is 0.288 e. The minimum absolute atomic E-state index is 0.115. The molecular weight excluding hydrogens is 228 g/mol. The summed E-state index contributed by atoms with van der Waals surface area (Å²) in [6, 6.07) is 0.525. The molecule has 1 aliphatic carbocycles. The SMILES string of the molecule is O=C1CCSC(=O)N1CC(O)CNC1CC1. The van der Waals surface area contributed by atoms with Gasteiger partial charge in [-0.3, -0.25) is 14.5 Å². The van der Waals surface area contributed by atoms with E-state index in [1.165, 1.54) is 0 Å². The van der Waals surface area contributed by atoms with Crippen molar-refractivity contribution in [3.05, 3.63) is 0 Å². The van der Waals surface area contributed by atoms with Crippen LogP contribution >= 0.6 is 11.8 Å². The van der Waals surface area contributed by atoms with E-state index >= 15 is 0 Å². The molecular formula is C10H16N2O3S. The molecule has 1 heterocycles. The summed E-state index contributed by atoms with van der Waals surface area (Å²) >= 11 is 1.14. The monoisotopic (exact) mass is 244 g/mol. The average Bonchev–Trinajstić information content (AvgIpc) is 3.04. The maximum atomic E-state index is 11.5. The van der Waals surface area contributed by atoms with E-state index in [-0.39, 0.29) is 17.7 Å². The van der Waals surface area contributed by atoms with Crippen LogP contribution in [0, 0.1) is 0 Å². The van der Waals surface area contributed by atoms with Gasteiger partial charge in [-0.05, 0) is 12.8 Å². The van der Waals surface area contributed by atoms with Crippen molar-refractivity contribution in [2.75, 3.05) is 18.8 Å². The molecule has 1 unspecified atom stereocenters. The zero-order valence-corrected chi connectivity index (χ0v) is 9.83. The van der Waals surface area contributed by atoms with Crippen LogP contribution in [0.15, 0.2) is 0 Å². The predicted molar refractivity (Wildman–Crippen MR) is 61.2 cm³/mol. The third kappa shape index (κ3) is 3.20. The minimum atomic E-state index is -0.660. The van der Waals surface area contributed by atoms with Crippen LogP contribution in [0.2, 0.25) is 0 Å². The van der Waals surface area contributed by atoms with Crippen molar-refractivity contribution < 1.29 is 14.7 Å². The van der Waals surface area contributed by atoms with Crippen molar-refractivity contribution in [2.45, 2.75) is 31.4 Å². The number of amides is 2. The van der Waals surface area contributed by atoms with Gasteiger partial charge in [-0.1, -0.05) is 11.8 Å². The van der Waals surface area contributed by atoms with Crippen molar-refractivity contribution in [3.8, 4) is 0 Å². The van der Waals surface area contributed by atoms with Crippen LogP contribution in [-0.4, -0.2) is 52.1 Å². The van der Waals surface area contributed by atoms with Gasteiger partial charge in [0.05, 0.1) is 12.6 Å². The molecule has 2 amide bonds. The lowest BCUT2D eigenvalue weighted by Crippen LogP contribution is -2.45. The van der Waals surface area contributed by atoms with Crippen LogP contribution in [0.25, 0.3) is 0 Å². The van der Waals surface area contributed by atoms with Crippen molar-refractivity contribution in [2.24, 2.45) is 0 Å². The van der Waals surface area contributed by atoms with E-state index in [2.05, 4.69) is 5.32 Å². The number of carbonyl (C=O) groups is 2. The first kappa shape index (κ1) is 11.9. The molecule has 0 aromatic heterocycles. The zero-order valence-electron chi connectivity index (χ0n) is 9.02. The maximum absolute atomic E-state index is 11.5. The van der Waals surface area contributed by atoms with Gasteiger partial charge in [0.15, 0.2) is 0 Å². The van der Waals surface area contributed by atoms with Crippen LogP contribution in [0.3, 0.4) is 0 Å². The van der Waals surface area contributed by atoms with Crippen molar-refractivity contribution >= 4 is 22.9 Å². The number of hydrogen-bond donors (Lipinski definition) is 2. The van der Waals surface area contributed by atoms with E-state index < -0.39 is 6.10 Å². The molecule has 0 bridgehead atoms. The Balaban J connectivity index is 1.76. The van der Waals surface area contributed by atoms with Crippen LogP contribution < -0.4 is 5.32 Å². The lowest BCUT2D eigenvalue weighted by molar-refractivity contribution is -0.128. The van der Waals surface area contributed by atoms with Gasteiger partial charge in [0.1, 0.15) is 0 Å². The third-order valence-electron chi connectivity index (χ3n) is 2.68. The van der Waals surface area contributed by atoms with Gasteiger partial charge in [-0.15, -0.1) is 0 Å². The number of rotatable bonds is 5. The maximum Gasteiger partial charge on any atom is 0.288 e. The fourth-order valence-corrected chi connectivity index (χ4v) is 2.37. The highest BCUT2D eigenvalue weighted by atomic mass is 32.2. The number of aliphatic hydroxyl groups excluding tert-OH is 1. The van der Waals surface area contributed by atoms with Gasteiger partial charge in [0.25, 0.3) is 5.24 Å². The van der Waals surface area contributed by atoms with Crippen molar-refractivity contribution in [1.29, 1.82) is 0 Å². The summed E-state index contributed by atoms with van der Waals surface area (Å²) in [4.78, 5) is 24.0. The Labute approximate surface area is 98.6 Å². The van der Waals surface area contributed by atoms with Gasteiger partial charge >= 0.3 is 0 Å². The van der Waals surface area contributed by atoms with Crippen LogP contribution in [0.1, 0.15) is 19.3 Å². The van der Waals surface area contributed by atoms with E-state index in [0.29, 0.717) is 24.8 Å². The zero-order chi connectivity index (χ0) is 11.5. The third-order valence-corrected chi connectivity index (χ3v) is 3.55. The highest BCUT2D eigenvalue weighted by Crippen LogP contribution is 2.20. The highest BCUT2D eigenvalue weighted by Gasteiger charge is 2.29. The Kier molecular flexibility index (Phi) is 3.83. The van der Waals surface area contributed by atoms with E-state index in [4.69, 9.17) is 0 Å². The van der Waals surface area contributed by atoms with E-state index in [1.54, 1.807) is 0 Å². The number of nitrogens with zero attached hydrogens (tertiary/aromatic N) is 1. The quantitative estimate of drug-likeness (QED) is 0.722. The topological polar surface area (TPSA) is 69.6 Å². The van der Waals surface area contributed by atoms with Gasteiger partial charge in [-0.25, -0.2) is 0 Å². The summed E-state index contributed by atoms with van der Waals surface area (Å²) in [5.74, 6) is 0.388. The minimum Gasteiger partial charge on any atom is -0.390 e. The van der Waals surface area contributed by atoms with Gasteiger partial charge < -0.3 is 10.4 Å². The Morgan fingerprint density at radius 2 is 2.25 bits per heavy atom. The molecule has 1 atom stereocenters. The molecule has 5 nitrogen and oxygen atoms in total. The number of carbonyl (C=O) groups excluding carboxylic acids is 2. The van der Waals surface area contributed by atoms with Gasteiger partial charge in [0, 0.05) is 24.8 Å². The molecule has 2 fully saturated rings. The average molecular weight is 244 g/mol. The summed E-state index contributed by atoms with van der Waals surface area (Å²) in [6.45, 7) is 0.566. The summed E-state index contributed by atoms with van der Waals surface area (Å²) < 4.78 is 0. The summed E-state index contributed by atoms with van der Waals surface area (Å²) in [6.07, 6.45) is 2.04. The highest BCUT2D eigenvalue weighted by molar-refractivity contribution is 8.13. The molecule has 0 radical (unpaired) electrons. The Morgan fingerprint density at radius 3 is 2.88 bits per heavy atom. The summed E-state index contributed by atoms with van der Waals surface area (Å²) in [5, 5.41) is 12.6. The molecule has 0 aromatic rings. The van der Waals surface area contributed by atoms with E-state index in [1.807, 2.05) is 0 Å². The number of nitrogens with one attached hydrogen (secondary N) is 1. The number of thioether (sulfide) groups is 1. The van der Waals surface area contributed by atoms with Crippen LogP contribution in [0.4, 0.5) is 4.79 Å². The Morgan fingerprint density at radius 1 is 1.50 bits per heavy atom. The fourth-order valence-electron chi connectivity index (χ4n) is 1.58. The first-order chi connectivity index (χ1) is 7.66.